The maximum absolute atomic E-state index is 12.8. The third-order valence-corrected chi connectivity index (χ3v) is 7.23. The zero-order valence-corrected chi connectivity index (χ0v) is 23.2. The van der Waals surface area contributed by atoms with Crippen molar-refractivity contribution in [3.8, 4) is 0 Å². The normalized spacial score (nSPS) is 14.1. The second-order valence-corrected chi connectivity index (χ2v) is 10.4. The Morgan fingerprint density at radius 3 is 2.51 bits per heavy atom. The lowest BCUT2D eigenvalue weighted by Crippen LogP contribution is -2.23. The van der Waals surface area contributed by atoms with Gasteiger partial charge in [0, 0.05) is 17.4 Å². The number of hydrogen-bond acceptors (Lipinski definition) is 6. The number of aliphatic hydroxyl groups excluding tert-OH is 1. The number of hydrogen-bond donors (Lipinski definition) is 1. The van der Waals surface area contributed by atoms with E-state index in [1.165, 1.54) is 44.2 Å². The molecule has 0 saturated carbocycles. The first-order chi connectivity index (χ1) is 18.6. The number of alkyl halides is 3. The van der Waals surface area contributed by atoms with E-state index in [2.05, 4.69) is 17.7 Å². The lowest BCUT2D eigenvalue weighted by molar-refractivity contribution is -0.139. The van der Waals surface area contributed by atoms with E-state index in [1.807, 2.05) is 12.2 Å². The highest BCUT2D eigenvalue weighted by Crippen LogP contribution is 2.32. The summed E-state index contributed by atoms with van der Waals surface area (Å²) in [6.45, 7) is 2.20. The molecule has 2 aromatic rings. The third-order valence-electron chi connectivity index (χ3n) is 5.96. The molecule has 0 saturated heterocycles. The molecule has 1 N–H and O–H groups in total. The van der Waals surface area contributed by atoms with Crippen LogP contribution < -0.4 is 5.43 Å². The molecule has 2 atom stereocenters. The number of rotatable bonds is 16. The molecule has 0 amide bonds. The van der Waals surface area contributed by atoms with Crippen molar-refractivity contribution in [1.82, 2.24) is 0 Å². The molecule has 2 rings (SSSR count). The van der Waals surface area contributed by atoms with Crippen molar-refractivity contribution in [3.63, 3.8) is 0 Å². The molecule has 0 radical (unpaired) electrons. The fraction of sp³-hybridized carbons (Fsp3) is 0.467. The van der Waals surface area contributed by atoms with Crippen LogP contribution in [0.3, 0.4) is 0 Å². The maximum atomic E-state index is 12.8. The van der Waals surface area contributed by atoms with Crippen molar-refractivity contribution in [2.45, 2.75) is 87.1 Å². The van der Waals surface area contributed by atoms with E-state index >= 15 is 0 Å². The van der Waals surface area contributed by atoms with Crippen molar-refractivity contribution in [2.24, 2.45) is 0 Å². The summed E-state index contributed by atoms with van der Waals surface area (Å²) in [5.74, 6) is -1.06. The molecule has 0 fully saturated rings. The number of allylic oxidation sites excluding steroid dienone is 5. The van der Waals surface area contributed by atoms with Gasteiger partial charge in [0.25, 0.3) is 0 Å². The summed E-state index contributed by atoms with van der Waals surface area (Å²) in [4.78, 5) is 24.7. The summed E-state index contributed by atoms with van der Waals surface area (Å²) in [5.41, 5.74) is -0.291. The summed E-state index contributed by atoms with van der Waals surface area (Å²) in [6.07, 6.45) is 12.2. The molecule has 0 bridgehead atoms. The van der Waals surface area contributed by atoms with Gasteiger partial charge in [0.2, 0.25) is 5.76 Å². The zero-order valence-electron chi connectivity index (χ0n) is 22.4. The summed E-state index contributed by atoms with van der Waals surface area (Å²) in [7, 11) is 1.16. The lowest BCUT2D eigenvalue weighted by atomic mass is 10.1. The van der Waals surface area contributed by atoms with E-state index < -0.39 is 41.8 Å². The average Bonchev–Trinajstić information content (AvgIpc) is 2.90. The van der Waals surface area contributed by atoms with Gasteiger partial charge >= 0.3 is 12.1 Å². The fourth-order valence-electron chi connectivity index (χ4n) is 3.81. The second-order valence-electron chi connectivity index (χ2n) is 9.18. The Balaban J connectivity index is 2.10. The molecule has 0 unspecified atom stereocenters. The Hall–Kier alpha value is -2.78. The number of unbranched alkanes of at least 4 members (excludes halogenated alkanes) is 6. The molecule has 1 aromatic heterocycles. The monoisotopic (exact) mass is 566 g/mol. The van der Waals surface area contributed by atoms with Crippen LogP contribution in [0.4, 0.5) is 13.2 Å². The molecule has 0 aliphatic rings. The largest absolute Gasteiger partial charge is 0.463 e. The second kappa shape index (κ2) is 17.0. The molecule has 0 aliphatic carbocycles. The Labute approximate surface area is 231 Å². The van der Waals surface area contributed by atoms with E-state index in [0.717, 1.165) is 37.8 Å². The number of methoxy groups -OCH3 is 1. The number of aliphatic hydroxyl groups is 1. The maximum Gasteiger partial charge on any atom is 0.389 e. The highest BCUT2D eigenvalue weighted by atomic mass is 32.2. The van der Waals surface area contributed by atoms with Crippen LogP contribution in [0.1, 0.15) is 75.3 Å². The van der Waals surface area contributed by atoms with Crippen molar-refractivity contribution in [3.05, 3.63) is 76.7 Å². The molecule has 5 nitrogen and oxygen atoms in total. The van der Waals surface area contributed by atoms with E-state index in [4.69, 9.17) is 4.42 Å². The number of esters is 1. The smallest absolute Gasteiger partial charge is 0.389 e. The van der Waals surface area contributed by atoms with Gasteiger partial charge in [0.15, 0.2) is 5.43 Å². The van der Waals surface area contributed by atoms with Crippen molar-refractivity contribution < 1.29 is 32.2 Å². The van der Waals surface area contributed by atoms with E-state index in [0.29, 0.717) is 4.90 Å². The molecular weight excluding hydrogens is 529 g/mol. The van der Waals surface area contributed by atoms with Crippen LogP contribution in [0.2, 0.25) is 0 Å². The van der Waals surface area contributed by atoms with Gasteiger partial charge < -0.3 is 14.3 Å². The topological polar surface area (TPSA) is 76.7 Å². The van der Waals surface area contributed by atoms with Crippen LogP contribution in [0, 0.1) is 0 Å². The standard InChI is InChI=1S/C30H37F3O5S/c1-3-4-5-6-7-8-9-10-11-12-13-14-15-28(24(34)18-19-30(31,32)33)39-22-16-17-23-25(35)21-27(29(36)37-2)38-26(23)20-22/h10-17,20-21,24,28,34H,3-9,18-19H2,1-2H3/t24-,28+/m0/s1. The first kappa shape index (κ1) is 32.4. The molecule has 39 heavy (non-hydrogen) atoms. The van der Waals surface area contributed by atoms with Crippen molar-refractivity contribution >= 4 is 28.7 Å². The molecular formula is C30H37F3O5S. The minimum absolute atomic E-state index is 0.135. The lowest BCUT2D eigenvalue weighted by Gasteiger charge is -2.20. The van der Waals surface area contributed by atoms with Crippen LogP contribution >= 0.6 is 11.8 Å². The number of carbonyl (C=O) groups is 1. The van der Waals surface area contributed by atoms with Crippen molar-refractivity contribution in [2.75, 3.05) is 7.11 Å². The minimum Gasteiger partial charge on any atom is -0.463 e. The predicted octanol–water partition coefficient (Wildman–Crippen LogP) is 8.16. The summed E-state index contributed by atoms with van der Waals surface area (Å²) >= 11 is 1.14. The van der Waals surface area contributed by atoms with Crippen LogP contribution in [-0.2, 0) is 4.74 Å². The average molecular weight is 567 g/mol. The fourth-order valence-corrected chi connectivity index (χ4v) is 4.91. The molecule has 1 aromatic carbocycles. The number of thioether (sulfide) groups is 1. The number of ether oxygens (including phenoxy) is 1. The van der Waals surface area contributed by atoms with E-state index in [-0.39, 0.29) is 16.7 Å². The van der Waals surface area contributed by atoms with Gasteiger partial charge in [0.1, 0.15) is 5.58 Å². The number of carbonyl (C=O) groups excluding carboxylic acids is 1. The number of benzene rings is 1. The highest BCUT2D eigenvalue weighted by molar-refractivity contribution is 8.00. The van der Waals surface area contributed by atoms with Gasteiger partial charge in [-0.05, 0) is 37.5 Å². The zero-order chi connectivity index (χ0) is 28.7. The van der Waals surface area contributed by atoms with Gasteiger partial charge in [-0.3, -0.25) is 4.79 Å². The first-order valence-corrected chi connectivity index (χ1v) is 14.1. The third kappa shape index (κ3) is 12.3. The first-order valence-electron chi connectivity index (χ1n) is 13.2. The van der Waals surface area contributed by atoms with Crippen LogP contribution in [-0.4, -0.2) is 35.7 Å². The minimum atomic E-state index is -4.38. The Morgan fingerprint density at radius 2 is 1.79 bits per heavy atom. The van der Waals surface area contributed by atoms with Crippen molar-refractivity contribution in [1.29, 1.82) is 0 Å². The summed E-state index contributed by atoms with van der Waals surface area (Å²) in [5, 5.41) is 10.1. The van der Waals surface area contributed by atoms with Gasteiger partial charge in [-0.15, -0.1) is 11.8 Å². The molecule has 214 valence electrons. The summed E-state index contributed by atoms with van der Waals surface area (Å²) < 4.78 is 48.4. The summed E-state index contributed by atoms with van der Waals surface area (Å²) in [6, 6.07) is 5.70. The van der Waals surface area contributed by atoms with Gasteiger partial charge in [-0.2, -0.15) is 13.2 Å². The molecule has 1 heterocycles. The van der Waals surface area contributed by atoms with Crippen LogP contribution in [0.15, 0.2) is 74.8 Å². The van der Waals surface area contributed by atoms with E-state index in [9.17, 15) is 27.9 Å². The van der Waals surface area contributed by atoms with Gasteiger partial charge in [-0.25, -0.2) is 4.79 Å². The number of halogens is 3. The van der Waals surface area contributed by atoms with Crippen LogP contribution in [0.25, 0.3) is 11.0 Å². The molecule has 0 aliphatic heterocycles. The SMILES string of the molecule is CCCCCCCCC=CC=CC=C[C@@H](Sc1ccc2c(=O)cc(C(=O)OC)oc2c1)[C@@H](O)CCC(F)(F)F. The van der Waals surface area contributed by atoms with Gasteiger partial charge in [-0.1, -0.05) is 75.5 Å². The molecule has 9 heteroatoms. The van der Waals surface area contributed by atoms with E-state index in [1.54, 1.807) is 24.3 Å². The van der Waals surface area contributed by atoms with Crippen LogP contribution in [0.5, 0.6) is 0 Å². The van der Waals surface area contributed by atoms with Gasteiger partial charge in [0.05, 0.1) is 23.8 Å². The highest BCUT2D eigenvalue weighted by Gasteiger charge is 2.30. The predicted molar refractivity (Wildman–Crippen MR) is 150 cm³/mol. The number of fused-ring (bicyclic) bond motifs is 1. The Bertz CT molecular complexity index is 1180. The Morgan fingerprint density at radius 1 is 1.08 bits per heavy atom. The quantitative estimate of drug-likeness (QED) is 0.0956. The molecule has 0 spiro atoms. The Kier molecular flexibility index (Phi) is 14.2.